The molecule has 0 spiro atoms. The highest BCUT2D eigenvalue weighted by molar-refractivity contribution is 7.91. The number of aromatic nitrogens is 1. The van der Waals surface area contributed by atoms with Crippen LogP contribution in [0.4, 0.5) is 4.79 Å². The molecule has 1 saturated heterocycles. The van der Waals surface area contributed by atoms with Crippen LogP contribution in [0, 0.1) is 11.8 Å². The molecule has 1 aromatic heterocycles. The number of hydrogen-bond acceptors (Lipinski definition) is 10. The van der Waals surface area contributed by atoms with E-state index in [1.54, 1.807) is 13.3 Å². The van der Waals surface area contributed by atoms with E-state index in [-0.39, 0.29) is 31.9 Å². The topological polar surface area (TPSA) is 182 Å². The quantitative estimate of drug-likeness (QED) is 0.337. The highest BCUT2D eigenvalue weighted by atomic mass is 32.2. The molecule has 5 aliphatic rings. The van der Waals surface area contributed by atoms with Crippen molar-refractivity contribution < 1.29 is 41.8 Å². The third-order valence-corrected chi connectivity index (χ3v) is 13.3. The van der Waals surface area contributed by atoms with Gasteiger partial charge in [-0.15, -0.1) is 6.58 Å². The molecule has 1 aromatic carbocycles. The van der Waals surface area contributed by atoms with E-state index in [0.717, 1.165) is 67.7 Å². The summed E-state index contributed by atoms with van der Waals surface area (Å²) in [5, 5.41) is 6.61. The van der Waals surface area contributed by atoms with Gasteiger partial charge >= 0.3 is 6.09 Å². The van der Waals surface area contributed by atoms with E-state index >= 15 is 0 Å². The number of nitrogens with one attached hydrogen (secondary N) is 3. The minimum atomic E-state index is -3.89. The SMILES string of the molecule is C=C[C@H]1C[C@]1(NC(=O)[C@@H]1C[C@@H]2CN1C(=O)[C@H](C1CCCCC1)NC(=O)OCCCCCc1cc(OC)c3ccnc(c3c1)O2)C(=O)NS(=O)(=O)C1CC1. The molecule has 3 heterocycles. The standard InChI is InChI=1S/C38H49N5O9S/c1-3-25-21-38(25,36(46)42-53(48,49)27-13-14-27)41-33(44)30-20-26-22-43(30)35(45)32(24-11-7-4-8-12-24)40-37(47)51-17-9-5-6-10-23-18-29-28(31(19-23)50-2)15-16-39-34(29)52-26/h3,15-16,18-19,24-27,30,32H,1,4-14,17,20-22H2,2H3,(H,40,47)(H,41,44)(H,42,46)/t25-,26+,30-,32-,38+/m0/s1. The summed E-state index contributed by atoms with van der Waals surface area (Å²) in [7, 11) is -2.28. The van der Waals surface area contributed by atoms with Crippen molar-refractivity contribution in [3.63, 3.8) is 0 Å². The first kappa shape index (κ1) is 36.9. The summed E-state index contributed by atoms with van der Waals surface area (Å²) in [6, 6.07) is 3.82. The van der Waals surface area contributed by atoms with Gasteiger partial charge in [-0.1, -0.05) is 25.3 Å². The molecule has 4 fully saturated rings. The van der Waals surface area contributed by atoms with E-state index in [1.807, 2.05) is 18.2 Å². The number of methoxy groups -OCH3 is 1. The summed E-state index contributed by atoms with van der Waals surface area (Å²) < 4.78 is 45.5. The molecule has 7 rings (SSSR count). The molecule has 15 heteroatoms. The van der Waals surface area contributed by atoms with Gasteiger partial charge in [-0.25, -0.2) is 18.2 Å². The second-order valence-electron chi connectivity index (χ2n) is 15.1. The number of nitrogens with zero attached hydrogens (tertiary/aromatic N) is 2. The molecular formula is C38H49N5O9S. The summed E-state index contributed by atoms with van der Waals surface area (Å²) in [4.78, 5) is 61.8. The van der Waals surface area contributed by atoms with Gasteiger partial charge in [-0.05, 0) is 87.5 Å². The highest BCUT2D eigenvalue weighted by Crippen LogP contribution is 2.46. The van der Waals surface area contributed by atoms with E-state index < -0.39 is 68.7 Å². The maximum atomic E-state index is 14.7. The number of carbonyl (C=O) groups excluding carboxylic acids is 4. The lowest BCUT2D eigenvalue weighted by molar-refractivity contribution is -0.142. The van der Waals surface area contributed by atoms with Crippen molar-refractivity contribution in [2.24, 2.45) is 11.8 Å². The van der Waals surface area contributed by atoms with Gasteiger partial charge in [0.05, 0.1) is 25.5 Å². The van der Waals surface area contributed by atoms with Crippen molar-refractivity contribution in [1.29, 1.82) is 0 Å². The Hall–Kier alpha value is -4.40. The number of amides is 4. The number of pyridine rings is 1. The van der Waals surface area contributed by atoms with Gasteiger partial charge in [0.15, 0.2) is 0 Å². The zero-order valence-corrected chi connectivity index (χ0v) is 31.0. The van der Waals surface area contributed by atoms with E-state index in [4.69, 9.17) is 14.2 Å². The number of rotatable bonds is 8. The van der Waals surface area contributed by atoms with Gasteiger partial charge in [-0.3, -0.25) is 19.1 Å². The Kier molecular flexibility index (Phi) is 10.6. The molecule has 2 aliphatic heterocycles. The van der Waals surface area contributed by atoms with Gasteiger partial charge in [0.2, 0.25) is 27.7 Å². The molecule has 0 unspecified atom stereocenters. The number of carbonyl (C=O) groups is 4. The summed E-state index contributed by atoms with van der Waals surface area (Å²) in [6.45, 7) is 4.00. The van der Waals surface area contributed by atoms with Crippen LogP contribution in [0.3, 0.4) is 0 Å². The Balaban J connectivity index is 1.22. The molecule has 3 aliphatic carbocycles. The first-order chi connectivity index (χ1) is 25.5. The van der Waals surface area contributed by atoms with Crippen LogP contribution in [0.5, 0.6) is 11.6 Å². The summed E-state index contributed by atoms with van der Waals surface area (Å²) in [6.07, 6.45) is 10.3. The number of alkyl carbamates (subject to hydrolysis) is 1. The van der Waals surface area contributed by atoms with E-state index in [2.05, 4.69) is 26.9 Å². The first-order valence-corrected chi connectivity index (χ1v) is 20.4. The molecule has 14 nitrogen and oxygen atoms in total. The number of cyclic esters (lactones) is 1. The molecule has 3 saturated carbocycles. The molecule has 53 heavy (non-hydrogen) atoms. The molecule has 2 aromatic rings. The van der Waals surface area contributed by atoms with E-state index in [9.17, 15) is 27.6 Å². The Morgan fingerprint density at radius 3 is 2.57 bits per heavy atom. The molecule has 286 valence electrons. The lowest BCUT2D eigenvalue weighted by Crippen LogP contribution is -2.59. The normalized spacial score (nSPS) is 28.5. The van der Waals surface area contributed by atoms with E-state index in [1.165, 1.54) is 11.0 Å². The monoisotopic (exact) mass is 751 g/mol. The Morgan fingerprint density at radius 1 is 1.08 bits per heavy atom. The Labute approximate surface area is 309 Å². The molecule has 4 amide bonds. The first-order valence-electron chi connectivity index (χ1n) is 18.9. The number of ether oxygens (including phenoxy) is 3. The average Bonchev–Trinajstić information content (AvgIpc) is 4.08. The largest absolute Gasteiger partial charge is 0.496 e. The van der Waals surface area contributed by atoms with Crippen molar-refractivity contribution in [3.8, 4) is 11.6 Å². The van der Waals surface area contributed by atoms with Crippen LogP contribution in [0.2, 0.25) is 0 Å². The minimum Gasteiger partial charge on any atom is -0.496 e. The highest BCUT2D eigenvalue weighted by Gasteiger charge is 2.62. The van der Waals surface area contributed by atoms with Gasteiger partial charge < -0.3 is 29.7 Å². The second-order valence-corrected chi connectivity index (χ2v) is 17.1. The van der Waals surface area contributed by atoms with Crippen LogP contribution in [0.15, 0.2) is 37.1 Å². The van der Waals surface area contributed by atoms with Gasteiger partial charge in [0, 0.05) is 29.3 Å². The van der Waals surface area contributed by atoms with Crippen LogP contribution in [0.1, 0.15) is 82.6 Å². The summed E-state index contributed by atoms with van der Waals surface area (Å²) in [5.74, 6) is -1.55. The fourth-order valence-electron chi connectivity index (χ4n) is 8.21. The molecule has 3 N–H and O–H groups in total. The van der Waals surface area contributed by atoms with Crippen molar-refractivity contribution in [3.05, 3.63) is 42.6 Å². The van der Waals surface area contributed by atoms with Gasteiger partial charge in [0.1, 0.15) is 29.5 Å². The van der Waals surface area contributed by atoms with Crippen molar-refractivity contribution >= 4 is 44.6 Å². The van der Waals surface area contributed by atoms with Crippen LogP contribution in [0.25, 0.3) is 10.8 Å². The molecule has 4 bridgehead atoms. The van der Waals surface area contributed by atoms with E-state index in [0.29, 0.717) is 30.9 Å². The maximum absolute atomic E-state index is 14.7. The average molecular weight is 752 g/mol. The Morgan fingerprint density at radius 2 is 1.85 bits per heavy atom. The third kappa shape index (κ3) is 7.81. The second kappa shape index (κ2) is 15.2. The van der Waals surface area contributed by atoms with Crippen molar-refractivity contribution in [2.45, 2.75) is 112 Å². The van der Waals surface area contributed by atoms with Crippen LogP contribution in [-0.4, -0.2) is 91.4 Å². The number of sulfonamides is 1. The predicted molar refractivity (Wildman–Crippen MR) is 194 cm³/mol. The van der Waals surface area contributed by atoms with Crippen molar-refractivity contribution in [1.82, 2.24) is 25.2 Å². The lowest BCUT2D eigenvalue weighted by atomic mass is 9.83. The summed E-state index contributed by atoms with van der Waals surface area (Å²) >= 11 is 0. The zero-order chi connectivity index (χ0) is 37.3. The third-order valence-electron chi connectivity index (χ3n) is 11.5. The van der Waals surface area contributed by atoms with Crippen LogP contribution in [-0.2, 0) is 35.6 Å². The maximum Gasteiger partial charge on any atom is 0.407 e. The smallest absolute Gasteiger partial charge is 0.407 e. The number of hydrogen-bond donors (Lipinski definition) is 3. The predicted octanol–water partition coefficient (Wildman–Crippen LogP) is 3.66. The van der Waals surface area contributed by atoms with Crippen LogP contribution >= 0.6 is 0 Å². The summed E-state index contributed by atoms with van der Waals surface area (Å²) in [5.41, 5.74) is -0.508. The number of benzene rings is 1. The Bertz CT molecular complexity index is 1880. The number of aryl methyl sites for hydroxylation is 1. The zero-order valence-electron chi connectivity index (χ0n) is 30.1. The lowest BCUT2D eigenvalue weighted by Gasteiger charge is -2.34. The number of fused-ring (bicyclic) bond motifs is 3. The van der Waals surface area contributed by atoms with Crippen LogP contribution < -0.4 is 24.8 Å². The fraction of sp³-hybridized carbons (Fsp3) is 0.605. The van der Waals surface area contributed by atoms with Gasteiger partial charge in [0.25, 0.3) is 5.91 Å². The molecular weight excluding hydrogens is 703 g/mol. The minimum absolute atomic E-state index is 0.00586. The molecule has 5 atom stereocenters. The fourth-order valence-corrected chi connectivity index (χ4v) is 9.57. The van der Waals surface area contributed by atoms with Gasteiger partial charge in [-0.2, -0.15) is 0 Å². The van der Waals surface area contributed by atoms with Crippen molar-refractivity contribution in [2.75, 3.05) is 20.3 Å². The molecule has 0 radical (unpaired) electrons.